The summed E-state index contributed by atoms with van der Waals surface area (Å²) in [5, 5.41) is 6.73. The van der Waals surface area contributed by atoms with Crippen LogP contribution >= 0.6 is 12.2 Å². The van der Waals surface area contributed by atoms with Crippen LogP contribution in [0.1, 0.15) is 13.8 Å². The Morgan fingerprint density at radius 2 is 2.14 bits per heavy atom. The maximum absolute atomic E-state index is 12.8. The molecule has 1 aromatic carbocycles. The molecule has 0 amide bonds. The molecule has 122 valence electrons. The second-order valence-corrected chi connectivity index (χ2v) is 6.40. The molecule has 1 saturated heterocycles. The number of benzene rings is 1. The monoisotopic (exact) mass is 325 g/mol. The first-order valence-electron chi connectivity index (χ1n) is 7.67. The van der Waals surface area contributed by atoms with Crippen LogP contribution in [0, 0.1) is 11.7 Å². The number of anilines is 1. The third-order valence-corrected chi connectivity index (χ3v) is 3.69. The second kappa shape index (κ2) is 8.41. The van der Waals surface area contributed by atoms with Gasteiger partial charge < -0.3 is 15.4 Å². The lowest BCUT2D eigenvalue weighted by Gasteiger charge is -2.34. The van der Waals surface area contributed by atoms with Crippen LogP contribution < -0.4 is 10.6 Å². The maximum atomic E-state index is 12.8. The molecule has 0 aliphatic carbocycles. The lowest BCUT2D eigenvalue weighted by Crippen LogP contribution is -2.48. The van der Waals surface area contributed by atoms with E-state index in [1.54, 1.807) is 12.1 Å². The van der Waals surface area contributed by atoms with E-state index >= 15 is 0 Å². The van der Waals surface area contributed by atoms with Gasteiger partial charge in [-0.05, 0) is 42.4 Å². The number of morpholine rings is 1. The number of halogens is 1. The van der Waals surface area contributed by atoms with Gasteiger partial charge in [-0.3, -0.25) is 4.90 Å². The van der Waals surface area contributed by atoms with Crippen molar-refractivity contribution in [3.05, 3.63) is 30.1 Å². The Bertz CT molecular complexity index is 481. The summed E-state index contributed by atoms with van der Waals surface area (Å²) in [6.07, 6.45) is 0.139. The van der Waals surface area contributed by atoms with Gasteiger partial charge in [0.25, 0.3) is 0 Å². The van der Waals surface area contributed by atoms with Gasteiger partial charge in [-0.15, -0.1) is 0 Å². The van der Waals surface area contributed by atoms with Crippen molar-refractivity contribution in [2.75, 3.05) is 38.1 Å². The molecule has 22 heavy (non-hydrogen) atoms. The van der Waals surface area contributed by atoms with Crippen LogP contribution in [0.4, 0.5) is 10.1 Å². The van der Waals surface area contributed by atoms with E-state index in [-0.39, 0.29) is 11.9 Å². The molecule has 0 bridgehead atoms. The summed E-state index contributed by atoms with van der Waals surface area (Å²) in [4.78, 5) is 2.43. The summed E-state index contributed by atoms with van der Waals surface area (Å²) in [6.45, 7) is 8.89. The fourth-order valence-corrected chi connectivity index (χ4v) is 2.70. The van der Waals surface area contributed by atoms with Crippen LogP contribution in [-0.4, -0.2) is 48.9 Å². The van der Waals surface area contributed by atoms with E-state index < -0.39 is 0 Å². The van der Waals surface area contributed by atoms with Crippen molar-refractivity contribution in [2.45, 2.75) is 20.0 Å². The molecule has 1 atom stereocenters. The van der Waals surface area contributed by atoms with Gasteiger partial charge in [0.05, 0.1) is 12.7 Å². The van der Waals surface area contributed by atoms with Crippen LogP contribution in [0.5, 0.6) is 0 Å². The lowest BCUT2D eigenvalue weighted by atomic mass is 10.2. The number of rotatable bonds is 5. The lowest BCUT2D eigenvalue weighted by molar-refractivity contribution is -0.0283. The van der Waals surface area contributed by atoms with Crippen molar-refractivity contribution in [3.63, 3.8) is 0 Å². The van der Waals surface area contributed by atoms with Crippen molar-refractivity contribution < 1.29 is 9.13 Å². The average molecular weight is 325 g/mol. The molecule has 0 saturated carbocycles. The molecular formula is C16H24FN3OS. The van der Waals surface area contributed by atoms with Crippen molar-refractivity contribution >= 4 is 23.0 Å². The number of hydrogen-bond donors (Lipinski definition) is 2. The van der Waals surface area contributed by atoms with Gasteiger partial charge >= 0.3 is 0 Å². The van der Waals surface area contributed by atoms with Crippen LogP contribution in [0.25, 0.3) is 0 Å². The summed E-state index contributed by atoms with van der Waals surface area (Å²) in [5.74, 6) is 0.401. The Balaban J connectivity index is 1.72. The largest absolute Gasteiger partial charge is 0.374 e. The molecule has 0 spiro atoms. The van der Waals surface area contributed by atoms with Crippen molar-refractivity contribution in [2.24, 2.45) is 5.92 Å². The Morgan fingerprint density at radius 3 is 2.82 bits per heavy atom. The van der Waals surface area contributed by atoms with E-state index in [4.69, 9.17) is 17.0 Å². The third kappa shape index (κ3) is 5.87. The van der Waals surface area contributed by atoms with E-state index in [1.165, 1.54) is 12.1 Å². The number of nitrogens with zero attached hydrogens (tertiary/aromatic N) is 1. The van der Waals surface area contributed by atoms with Gasteiger partial charge in [-0.1, -0.05) is 13.8 Å². The molecule has 1 aromatic rings. The summed E-state index contributed by atoms with van der Waals surface area (Å²) in [7, 11) is 0. The normalized spacial score (nSPS) is 19.2. The van der Waals surface area contributed by atoms with E-state index in [1.807, 2.05) is 0 Å². The molecule has 2 rings (SSSR count). The standard InChI is InChI=1S/C16H24FN3OS/c1-12(2)10-20-7-8-21-15(11-20)9-18-16(22)19-14-5-3-13(17)4-6-14/h3-6,12,15H,7-11H2,1-2H3,(H2,18,19,22)/t15-/m0/s1. The number of nitrogens with one attached hydrogen (secondary N) is 2. The van der Waals surface area contributed by atoms with Gasteiger partial charge in [-0.2, -0.15) is 0 Å². The molecule has 1 fully saturated rings. The molecule has 6 heteroatoms. The van der Waals surface area contributed by atoms with Crippen LogP contribution in [0.3, 0.4) is 0 Å². The maximum Gasteiger partial charge on any atom is 0.170 e. The van der Waals surface area contributed by atoms with Crippen LogP contribution in [0.2, 0.25) is 0 Å². The van der Waals surface area contributed by atoms with Gasteiger partial charge in [0.15, 0.2) is 5.11 Å². The zero-order valence-corrected chi connectivity index (χ0v) is 14.0. The number of hydrogen-bond acceptors (Lipinski definition) is 3. The molecule has 0 unspecified atom stereocenters. The average Bonchev–Trinajstić information content (AvgIpc) is 2.47. The smallest absolute Gasteiger partial charge is 0.170 e. The summed E-state index contributed by atoms with van der Waals surface area (Å²) < 4.78 is 18.6. The second-order valence-electron chi connectivity index (χ2n) is 5.99. The molecule has 1 aliphatic heterocycles. The van der Waals surface area contributed by atoms with Gasteiger partial charge in [-0.25, -0.2) is 4.39 Å². The minimum Gasteiger partial charge on any atom is -0.374 e. The summed E-state index contributed by atoms with van der Waals surface area (Å²) >= 11 is 5.25. The quantitative estimate of drug-likeness (QED) is 0.814. The zero-order valence-electron chi connectivity index (χ0n) is 13.1. The number of thiocarbonyl (C=S) groups is 1. The molecule has 0 radical (unpaired) electrons. The number of ether oxygens (including phenoxy) is 1. The highest BCUT2D eigenvalue weighted by atomic mass is 32.1. The highest BCUT2D eigenvalue weighted by Crippen LogP contribution is 2.09. The first kappa shape index (κ1) is 17.1. The van der Waals surface area contributed by atoms with E-state index in [0.717, 1.165) is 31.9 Å². The SMILES string of the molecule is CC(C)CN1CCO[C@@H](CNC(=S)Nc2ccc(F)cc2)C1. The van der Waals surface area contributed by atoms with E-state index in [2.05, 4.69) is 29.4 Å². The summed E-state index contributed by atoms with van der Waals surface area (Å²) in [6, 6.07) is 6.12. The van der Waals surface area contributed by atoms with Gasteiger partial charge in [0.2, 0.25) is 0 Å². The third-order valence-electron chi connectivity index (χ3n) is 3.44. The fraction of sp³-hybridized carbons (Fsp3) is 0.562. The minimum atomic E-state index is -0.259. The first-order valence-corrected chi connectivity index (χ1v) is 8.08. The van der Waals surface area contributed by atoms with Gasteiger partial charge in [0.1, 0.15) is 5.82 Å². The zero-order chi connectivity index (χ0) is 15.9. The molecule has 1 heterocycles. The molecule has 0 aromatic heterocycles. The van der Waals surface area contributed by atoms with Crippen molar-refractivity contribution in [3.8, 4) is 0 Å². The Labute approximate surface area is 137 Å². The first-order chi connectivity index (χ1) is 10.5. The highest BCUT2D eigenvalue weighted by Gasteiger charge is 2.20. The van der Waals surface area contributed by atoms with E-state index in [9.17, 15) is 4.39 Å². The minimum absolute atomic E-state index is 0.139. The Kier molecular flexibility index (Phi) is 6.54. The Hall–Kier alpha value is -1.24. The predicted octanol–water partition coefficient (Wildman–Crippen LogP) is 2.47. The molecular weight excluding hydrogens is 301 g/mol. The molecule has 1 aliphatic rings. The van der Waals surface area contributed by atoms with Gasteiger partial charge in [0, 0.05) is 31.9 Å². The fourth-order valence-electron chi connectivity index (χ4n) is 2.50. The molecule has 2 N–H and O–H groups in total. The van der Waals surface area contributed by atoms with Crippen LogP contribution in [0.15, 0.2) is 24.3 Å². The molecule has 4 nitrogen and oxygen atoms in total. The van der Waals surface area contributed by atoms with Crippen molar-refractivity contribution in [1.82, 2.24) is 10.2 Å². The highest BCUT2D eigenvalue weighted by molar-refractivity contribution is 7.80. The van der Waals surface area contributed by atoms with Crippen molar-refractivity contribution in [1.29, 1.82) is 0 Å². The topological polar surface area (TPSA) is 36.5 Å². The van der Waals surface area contributed by atoms with Crippen LogP contribution in [-0.2, 0) is 4.74 Å². The Morgan fingerprint density at radius 1 is 1.41 bits per heavy atom. The summed E-state index contributed by atoms with van der Waals surface area (Å²) in [5.41, 5.74) is 0.768. The predicted molar refractivity (Wildman–Crippen MR) is 91.6 cm³/mol. The van der Waals surface area contributed by atoms with E-state index in [0.29, 0.717) is 17.6 Å².